The van der Waals surface area contributed by atoms with Crippen molar-refractivity contribution in [1.82, 2.24) is 0 Å². The van der Waals surface area contributed by atoms with Gasteiger partial charge in [-0.3, -0.25) is 4.79 Å². The van der Waals surface area contributed by atoms with E-state index in [9.17, 15) is 4.79 Å². The SMILES string of the molecule is CNc1ccc(C(N)=O)cc1CCl. The van der Waals surface area contributed by atoms with Gasteiger partial charge in [0.05, 0.1) is 0 Å². The predicted octanol–water partition coefficient (Wildman–Crippen LogP) is 1.57. The summed E-state index contributed by atoms with van der Waals surface area (Å²) in [7, 11) is 1.80. The zero-order valence-electron chi connectivity index (χ0n) is 7.30. The number of halogens is 1. The molecule has 0 radical (unpaired) electrons. The summed E-state index contributed by atoms with van der Waals surface area (Å²) >= 11 is 5.70. The van der Waals surface area contributed by atoms with Gasteiger partial charge in [0.15, 0.2) is 0 Å². The maximum absolute atomic E-state index is 10.8. The highest BCUT2D eigenvalue weighted by atomic mass is 35.5. The number of nitrogens with one attached hydrogen (secondary N) is 1. The highest BCUT2D eigenvalue weighted by Crippen LogP contribution is 2.18. The fourth-order valence-corrected chi connectivity index (χ4v) is 1.32. The van der Waals surface area contributed by atoms with Crippen molar-refractivity contribution in [2.75, 3.05) is 12.4 Å². The van der Waals surface area contributed by atoms with Crippen LogP contribution in [0.2, 0.25) is 0 Å². The molecule has 0 aliphatic heterocycles. The summed E-state index contributed by atoms with van der Waals surface area (Å²) in [6, 6.07) is 5.16. The number of anilines is 1. The van der Waals surface area contributed by atoms with Gasteiger partial charge in [0.1, 0.15) is 0 Å². The molecular formula is C9H11ClN2O. The summed E-state index contributed by atoms with van der Waals surface area (Å²) in [5, 5.41) is 2.98. The number of amides is 1. The molecule has 1 amide bonds. The minimum atomic E-state index is -0.436. The Labute approximate surface area is 81.9 Å². The first kappa shape index (κ1) is 9.86. The molecule has 0 saturated heterocycles. The molecule has 0 heterocycles. The number of benzene rings is 1. The van der Waals surface area contributed by atoms with Crippen LogP contribution in [0.1, 0.15) is 15.9 Å². The lowest BCUT2D eigenvalue weighted by Gasteiger charge is -2.07. The second-order valence-corrected chi connectivity index (χ2v) is 2.89. The molecule has 1 aromatic rings. The summed E-state index contributed by atoms with van der Waals surface area (Å²) in [6.45, 7) is 0. The summed E-state index contributed by atoms with van der Waals surface area (Å²) in [5.74, 6) is -0.0777. The van der Waals surface area contributed by atoms with Crippen molar-refractivity contribution in [3.63, 3.8) is 0 Å². The van der Waals surface area contributed by atoms with E-state index in [1.54, 1.807) is 25.2 Å². The Morgan fingerprint density at radius 2 is 2.31 bits per heavy atom. The van der Waals surface area contributed by atoms with Crippen LogP contribution in [0.3, 0.4) is 0 Å². The average Bonchev–Trinajstić information content (AvgIpc) is 2.16. The van der Waals surface area contributed by atoms with Gasteiger partial charge in [0, 0.05) is 24.2 Å². The van der Waals surface area contributed by atoms with Crippen molar-refractivity contribution in [2.45, 2.75) is 5.88 Å². The number of primary amides is 1. The molecule has 1 rings (SSSR count). The largest absolute Gasteiger partial charge is 0.388 e. The van der Waals surface area contributed by atoms with Gasteiger partial charge in [-0.15, -0.1) is 11.6 Å². The molecule has 4 heteroatoms. The lowest BCUT2D eigenvalue weighted by atomic mass is 10.1. The Morgan fingerprint density at radius 1 is 1.62 bits per heavy atom. The molecule has 0 bridgehead atoms. The van der Waals surface area contributed by atoms with E-state index in [2.05, 4.69) is 5.32 Å². The van der Waals surface area contributed by atoms with E-state index < -0.39 is 5.91 Å². The number of hydrogen-bond donors (Lipinski definition) is 2. The van der Waals surface area contributed by atoms with E-state index in [-0.39, 0.29) is 0 Å². The van der Waals surface area contributed by atoms with Gasteiger partial charge in [-0.2, -0.15) is 0 Å². The molecule has 0 unspecified atom stereocenters. The minimum Gasteiger partial charge on any atom is -0.388 e. The smallest absolute Gasteiger partial charge is 0.248 e. The molecule has 0 aromatic heterocycles. The van der Waals surface area contributed by atoms with Crippen LogP contribution in [-0.4, -0.2) is 13.0 Å². The minimum absolute atomic E-state index is 0.358. The van der Waals surface area contributed by atoms with Crippen LogP contribution in [-0.2, 0) is 5.88 Å². The molecule has 70 valence electrons. The Hall–Kier alpha value is -1.22. The molecular weight excluding hydrogens is 188 g/mol. The highest BCUT2D eigenvalue weighted by molar-refractivity contribution is 6.17. The number of rotatable bonds is 3. The van der Waals surface area contributed by atoms with Crippen LogP contribution in [0.15, 0.2) is 18.2 Å². The molecule has 0 atom stereocenters. The Morgan fingerprint density at radius 3 is 2.77 bits per heavy atom. The van der Waals surface area contributed by atoms with Crippen LogP contribution in [0.5, 0.6) is 0 Å². The normalized spacial score (nSPS) is 9.69. The van der Waals surface area contributed by atoms with Crippen molar-refractivity contribution in [2.24, 2.45) is 5.73 Å². The van der Waals surface area contributed by atoms with E-state index in [4.69, 9.17) is 17.3 Å². The van der Waals surface area contributed by atoms with Gasteiger partial charge in [-0.05, 0) is 23.8 Å². The Bertz CT molecular complexity index is 325. The molecule has 0 aliphatic rings. The van der Waals surface area contributed by atoms with Crippen LogP contribution in [0.4, 0.5) is 5.69 Å². The Kier molecular flexibility index (Phi) is 3.14. The molecule has 0 aliphatic carbocycles. The number of carbonyl (C=O) groups excluding carboxylic acids is 1. The van der Waals surface area contributed by atoms with Crippen molar-refractivity contribution in [3.05, 3.63) is 29.3 Å². The third-order valence-corrected chi connectivity index (χ3v) is 2.09. The van der Waals surface area contributed by atoms with Crippen LogP contribution >= 0.6 is 11.6 Å². The predicted molar refractivity (Wildman–Crippen MR) is 54.1 cm³/mol. The van der Waals surface area contributed by atoms with Gasteiger partial charge in [-0.25, -0.2) is 0 Å². The van der Waals surface area contributed by atoms with Crippen molar-refractivity contribution in [3.8, 4) is 0 Å². The van der Waals surface area contributed by atoms with Gasteiger partial charge in [0.25, 0.3) is 0 Å². The van der Waals surface area contributed by atoms with Crippen LogP contribution < -0.4 is 11.1 Å². The van der Waals surface area contributed by atoms with Crippen molar-refractivity contribution < 1.29 is 4.79 Å². The molecule has 0 fully saturated rings. The second kappa shape index (κ2) is 4.14. The molecule has 13 heavy (non-hydrogen) atoms. The van der Waals surface area contributed by atoms with Gasteiger partial charge < -0.3 is 11.1 Å². The summed E-state index contributed by atoms with van der Waals surface area (Å²) in [4.78, 5) is 10.8. The first-order valence-electron chi connectivity index (χ1n) is 3.85. The topological polar surface area (TPSA) is 55.1 Å². The van der Waals surface area contributed by atoms with Crippen LogP contribution in [0.25, 0.3) is 0 Å². The molecule has 0 saturated carbocycles. The van der Waals surface area contributed by atoms with Crippen molar-refractivity contribution in [1.29, 1.82) is 0 Å². The number of nitrogens with two attached hydrogens (primary N) is 1. The van der Waals surface area contributed by atoms with Gasteiger partial charge in [0.2, 0.25) is 5.91 Å². The fraction of sp³-hybridized carbons (Fsp3) is 0.222. The number of hydrogen-bond acceptors (Lipinski definition) is 2. The maximum Gasteiger partial charge on any atom is 0.248 e. The van der Waals surface area contributed by atoms with E-state index in [1.807, 2.05) is 0 Å². The summed E-state index contributed by atoms with van der Waals surface area (Å²) < 4.78 is 0. The molecule has 1 aromatic carbocycles. The van der Waals surface area contributed by atoms with E-state index >= 15 is 0 Å². The summed E-state index contributed by atoms with van der Waals surface area (Å²) in [5.41, 5.74) is 7.40. The standard InChI is InChI=1S/C9H11ClN2O/c1-12-8-3-2-6(9(11)13)4-7(8)5-10/h2-4,12H,5H2,1H3,(H2,11,13). The van der Waals surface area contributed by atoms with Crippen molar-refractivity contribution >= 4 is 23.2 Å². The molecule has 0 spiro atoms. The quantitative estimate of drug-likeness (QED) is 0.725. The monoisotopic (exact) mass is 198 g/mol. The number of alkyl halides is 1. The van der Waals surface area contributed by atoms with Gasteiger partial charge >= 0.3 is 0 Å². The fourth-order valence-electron chi connectivity index (χ4n) is 1.10. The van der Waals surface area contributed by atoms with Crippen LogP contribution in [0, 0.1) is 0 Å². The van der Waals surface area contributed by atoms with Gasteiger partial charge in [-0.1, -0.05) is 0 Å². The van der Waals surface area contributed by atoms with E-state index in [0.29, 0.717) is 11.4 Å². The maximum atomic E-state index is 10.8. The lowest BCUT2D eigenvalue weighted by molar-refractivity contribution is 0.100. The summed E-state index contributed by atoms with van der Waals surface area (Å²) in [6.07, 6.45) is 0. The number of carbonyl (C=O) groups is 1. The van der Waals surface area contributed by atoms with E-state index in [1.165, 1.54) is 0 Å². The molecule has 3 N–H and O–H groups in total. The third-order valence-electron chi connectivity index (χ3n) is 1.80. The third kappa shape index (κ3) is 2.12. The highest BCUT2D eigenvalue weighted by Gasteiger charge is 2.04. The zero-order valence-corrected chi connectivity index (χ0v) is 8.06. The first-order valence-corrected chi connectivity index (χ1v) is 4.39. The lowest BCUT2D eigenvalue weighted by Crippen LogP contribution is -2.11. The van der Waals surface area contributed by atoms with E-state index in [0.717, 1.165) is 11.3 Å². The average molecular weight is 199 g/mol. The first-order chi connectivity index (χ1) is 6.19. The zero-order chi connectivity index (χ0) is 9.84. The Balaban J connectivity index is 3.13. The molecule has 3 nitrogen and oxygen atoms in total. The second-order valence-electron chi connectivity index (χ2n) is 2.62.